The van der Waals surface area contributed by atoms with Crippen LogP contribution >= 0.6 is 0 Å². The first-order valence-electron chi connectivity index (χ1n) is 8.29. The van der Waals surface area contributed by atoms with E-state index in [0.29, 0.717) is 12.1 Å². The summed E-state index contributed by atoms with van der Waals surface area (Å²) in [5.74, 6) is 0.923. The van der Waals surface area contributed by atoms with E-state index in [1.807, 2.05) is 0 Å². The van der Waals surface area contributed by atoms with Crippen molar-refractivity contribution < 1.29 is 0 Å². The largest absolute Gasteiger partial charge is 0.308 e. The van der Waals surface area contributed by atoms with Crippen LogP contribution in [0.2, 0.25) is 0 Å². The van der Waals surface area contributed by atoms with E-state index in [9.17, 15) is 0 Å². The van der Waals surface area contributed by atoms with Crippen molar-refractivity contribution in [1.82, 2.24) is 5.32 Å². The third-order valence-corrected chi connectivity index (χ3v) is 4.84. The van der Waals surface area contributed by atoms with Crippen molar-refractivity contribution in [3.05, 3.63) is 12.2 Å². The van der Waals surface area contributed by atoms with Gasteiger partial charge >= 0.3 is 0 Å². The van der Waals surface area contributed by atoms with Crippen molar-refractivity contribution >= 4 is 0 Å². The van der Waals surface area contributed by atoms with Gasteiger partial charge in [-0.3, -0.25) is 0 Å². The lowest BCUT2D eigenvalue weighted by Crippen LogP contribution is -2.40. The standard InChI is InChI=1S/C17H31N/c1-15(16-11-7-5-6-8-12-16)18-17-13-9-3-2-4-10-14-17/h9,13,15-18H,2-8,10-12,14H2,1H3/b13-9+/t15-,17?/m1/s1. The summed E-state index contributed by atoms with van der Waals surface area (Å²) < 4.78 is 0. The Balaban J connectivity index is 1.80. The Morgan fingerprint density at radius 2 is 1.56 bits per heavy atom. The van der Waals surface area contributed by atoms with Gasteiger partial charge in [0.25, 0.3) is 0 Å². The molecule has 0 amide bonds. The minimum Gasteiger partial charge on any atom is -0.308 e. The third kappa shape index (κ3) is 4.76. The maximum Gasteiger partial charge on any atom is 0.0252 e. The molecule has 0 aromatic heterocycles. The predicted octanol–water partition coefficient (Wildman–Crippen LogP) is 4.82. The molecule has 1 heteroatoms. The van der Waals surface area contributed by atoms with Crippen LogP contribution in [0, 0.1) is 5.92 Å². The van der Waals surface area contributed by atoms with Crippen LogP contribution in [0.1, 0.15) is 77.6 Å². The molecule has 18 heavy (non-hydrogen) atoms. The summed E-state index contributed by atoms with van der Waals surface area (Å²) in [4.78, 5) is 0. The van der Waals surface area contributed by atoms with Crippen LogP contribution in [0.4, 0.5) is 0 Å². The molecule has 1 N–H and O–H groups in total. The van der Waals surface area contributed by atoms with Gasteiger partial charge < -0.3 is 5.32 Å². The molecule has 1 fully saturated rings. The van der Waals surface area contributed by atoms with Crippen LogP contribution in [0.5, 0.6) is 0 Å². The molecule has 1 saturated carbocycles. The van der Waals surface area contributed by atoms with Gasteiger partial charge in [-0.05, 0) is 44.9 Å². The quantitative estimate of drug-likeness (QED) is 0.558. The normalized spacial score (nSPS) is 31.1. The summed E-state index contributed by atoms with van der Waals surface area (Å²) in [5.41, 5.74) is 0. The van der Waals surface area contributed by atoms with Crippen molar-refractivity contribution in [2.75, 3.05) is 0 Å². The second-order valence-electron chi connectivity index (χ2n) is 6.38. The molecule has 0 aromatic rings. The first-order valence-corrected chi connectivity index (χ1v) is 8.29. The van der Waals surface area contributed by atoms with Crippen molar-refractivity contribution in [2.24, 2.45) is 5.92 Å². The summed E-state index contributed by atoms with van der Waals surface area (Å²) in [5, 5.41) is 3.90. The number of nitrogens with one attached hydrogen (secondary N) is 1. The molecule has 104 valence electrons. The van der Waals surface area contributed by atoms with Gasteiger partial charge in [0.1, 0.15) is 0 Å². The number of hydrogen-bond donors (Lipinski definition) is 1. The molecule has 1 unspecified atom stereocenters. The highest BCUT2D eigenvalue weighted by Crippen LogP contribution is 2.26. The van der Waals surface area contributed by atoms with Gasteiger partial charge in [0.2, 0.25) is 0 Å². The Hall–Kier alpha value is -0.300. The van der Waals surface area contributed by atoms with E-state index >= 15 is 0 Å². The molecule has 2 aliphatic rings. The highest BCUT2D eigenvalue weighted by atomic mass is 14.9. The van der Waals surface area contributed by atoms with Crippen LogP contribution in [0.3, 0.4) is 0 Å². The van der Waals surface area contributed by atoms with Crippen molar-refractivity contribution in [1.29, 1.82) is 0 Å². The lowest BCUT2D eigenvalue weighted by Gasteiger charge is -2.28. The van der Waals surface area contributed by atoms with Gasteiger partial charge in [0, 0.05) is 12.1 Å². The summed E-state index contributed by atoms with van der Waals surface area (Å²) in [6.07, 6.45) is 20.4. The smallest absolute Gasteiger partial charge is 0.0252 e. The fourth-order valence-electron chi connectivity index (χ4n) is 3.58. The minimum absolute atomic E-state index is 0.642. The molecular weight excluding hydrogens is 218 g/mol. The maximum absolute atomic E-state index is 3.90. The molecule has 0 saturated heterocycles. The fraction of sp³-hybridized carbons (Fsp3) is 0.882. The summed E-state index contributed by atoms with van der Waals surface area (Å²) in [6, 6.07) is 1.35. The highest BCUT2D eigenvalue weighted by molar-refractivity contribution is 4.96. The van der Waals surface area contributed by atoms with E-state index < -0.39 is 0 Å². The van der Waals surface area contributed by atoms with E-state index in [-0.39, 0.29) is 0 Å². The molecule has 2 rings (SSSR count). The van der Waals surface area contributed by atoms with Crippen molar-refractivity contribution in [3.8, 4) is 0 Å². The van der Waals surface area contributed by atoms with Crippen LogP contribution < -0.4 is 5.32 Å². The Bertz CT molecular complexity index is 238. The van der Waals surface area contributed by atoms with Gasteiger partial charge in [-0.25, -0.2) is 0 Å². The van der Waals surface area contributed by atoms with Gasteiger partial charge in [0.15, 0.2) is 0 Å². The highest BCUT2D eigenvalue weighted by Gasteiger charge is 2.20. The first kappa shape index (κ1) is 14.1. The maximum atomic E-state index is 3.90. The predicted molar refractivity (Wildman–Crippen MR) is 79.8 cm³/mol. The summed E-state index contributed by atoms with van der Waals surface area (Å²) >= 11 is 0. The van der Waals surface area contributed by atoms with Gasteiger partial charge in [0.05, 0.1) is 0 Å². The van der Waals surface area contributed by atoms with E-state index in [0.717, 1.165) is 5.92 Å². The molecule has 0 spiro atoms. The topological polar surface area (TPSA) is 12.0 Å². The van der Waals surface area contributed by atoms with Crippen molar-refractivity contribution in [2.45, 2.75) is 89.6 Å². The summed E-state index contributed by atoms with van der Waals surface area (Å²) in [6.45, 7) is 2.42. The fourth-order valence-corrected chi connectivity index (χ4v) is 3.58. The Labute approximate surface area is 113 Å². The second-order valence-corrected chi connectivity index (χ2v) is 6.38. The average Bonchev–Trinajstić information content (AvgIpc) is 2.61. The Morgan fingerprint density at radius 3 is 2.33 bits per heavy atom. The van der Waals surface area contributed by atoms with Crippen LogP contribution in [0.25, 0.3) is 0 Å². The molecule has 0 radical (unpaired) electrons. The zero-order chi connectivity index (χ0) is 12.6. The molecule has 0 aliphatic heterocycles. The Kier molecular flexibility index (Phi) is 6.26. The zero-order valence-corrected chi connectivity index (χ0v) is 12.2. The van der Waals surface area contributed by atoms with E-state index in [2.05, 4.69) is 24.4 Å². The van der Waals surface area contributed by atoms with Crippen molar-refractivity contribution in [3.63, 3.8) is 0 Å². The lowest BCUT2D eigenvalue weighted by atomic mass is 9.91. The molecule has 2 atom stereocenters. The van der Waals surface area contributed by atoms with E-state index in [1.54, 1.807) is 0 Å². The first-order chi connectivity index (χ1) is 8.86. The lowest BCUT2D eigenvalue weighted by molar-refractivity contribution is 0.315. The van der Waals surface area contributed by atoms with Crippen LogP contribution in [-0.4, -0.2) is 12.1 Å². The zero-order valence-electron chi connectivity index (χ0n) is 12.2. The minimum atomic E-state index is 0.642. The number of allylic oxidation sites excluding steroid dienone is 1. The molecular formula is C17H31N. The van der Waals surface area contributed by atoms with E-state index in [4.69, 9.17) is 0 Å². The second kappa shape index (κ2) is 7.99. The number of rotatable bonds is 3. The van der Waals surface area contributed by atoms with E-state index in [1.165, 1.54) is 70.6 Å². The Morgan fingerprint density at radius 1 is 0.889 bits per heavy atom. The number of hydrogen-bond acceptors (Lipinski definition) is 1. The molecule has 1 nitrogen and oxygen atoms in total. The van der Waals surface area contributed by atoms with Crippen LogP contribution in [-0.2, 0) is 0 Å². The molecule has 0 heterocycles. The van der Waals surface area contributed by atoms with Gasteiger partial charge in [-0.15, -0.1) is 0 Å². The summed E-state index contributed by atoms with van der Waals surface area (Å²) in [7, 11) is 0. The molecule has 2 aliphatic carbocycles. The van der Waals surface area contributed by atoms with Gasteiger partial charge in [-0.2, -0.15) is 0 Å². The molecule has 0 bridgehead atoms. The monoisotopic (exact) mass is 249 g/mol. The molecule has 0 aromatic carbocycles. The van der Waals surface area contributed by atoms with Gasteiger partial charge in [-0.1, -0.05) is 50.7 Å². The van der Waals surface area contributed by atoms with Crippen LogP contribution in [0.15, 0.2) is 12.2 Å². The average molecular weight is 249 g/mol. The third-order valence-electron chi connectivity index (χ3n) is 4.84. The SMILES string of the molecule is C[C@@H](NC1/C=C/CCCCC1)C1CCCCCC1.